The van der Waals surface area contributed by atoms with E-state index < -0.39 is 0 Å². The van der Waals surface area contributed by atoms with Gasteiger partial charge in [0.15, 0.2) is 0 Å². The second-order valence-electron chi connectivity index (χ2n) is 2.45. The molecule has 0 unspecified atom stereocenters. The van der Waals surface area contributed by atoms with Crippen LogP contribution < -0.4 is 5.73 Å². The molecule has 0 heterocycles. The van der Waals surface area contributed by atoms with Crippen molar-refractivity contribution in [1.29, 1.82) is 0 Å². The van der Waals surface area contributed by atoms with Crippen LogP contribution >= 0.6 is 0 Å². The van der Waals surface area contributed by atoms with Crippen molar-refractivity contribution in [3.05, 3.63) is 54.4 Å². The molecule has 0 aliphatic heterocycles. The summed E-state index contributed by atoms with van der Waals surface area (Å²) in [6.45, 7) is 3.51. The average molecular weight is 172 g/mol. The predicted molar refractivity (Wildman–Crippen MR) is 57.5 cm³/mol. The number of nitrogens with two attached hydrogens (primary N) is 1. The number of hydrogen-bond donors (Lipinski definition) is 1. The molecule has 2 N–H and O–H groups in total. The molecule has 0 atom stereocenters. The first-order valence-corrected chi connectivity index (χ1v) is 4.00. The van der Waals surface area contributed by atoms with Gasteiger partial charge in [-0.25, -0.2) is 0 Å². The van der Waals surface area contributed by atoms with Crippen molar-refractivity contribution in [2.75, 3.05) is 0 Å². The normalized spacial score (nSPS) is 11.1. The van der Waals surface area contributed by atoms with Gasteiger partial charge in [-0.3, -0.25) is 4.99 Å². The molecule has 0 radical (unpaired) electrons. The zero-order valence-electron chi connectivity index (χ0n) is 7.35. The summed E-state index contributed by atoms with van der Waals surface area (Å²) < 4.78 is 0. The van der Waals surface area contributed by atoms with Gasteiger partial charge in [0.2, 0.25) is 0 Å². The van der Waals surface area contributed by atoms with Gasteiger partial charge in [0.05, 0.1) is 0 Å². The van der Waals surface area contributed by atoms with Gasteiger partial charge in [0.1, 0.15) is 0 Å². The molecule has 0 spiro atoms. The van der Waals surface area contributed by atoms with Crippen molar-refractivity contribution in [1.82, 2.24) is 0 Å². The van der Waals surface area contributed by atoms with Crippen LogP contribution in [0.25, 0.3) is 6.08 Å². The van der Waals surface area contributed by atoms with Crippen molar-refractivity contribution in [2.45, 2.75) is 0 Å². The SMILES string of the molecule is C=CN=Cc1ccccc1C=CN. The Morgan fingerprint density at radius 2 is 1.92 bits per heavy atom. The molecule has 66 valence electrons. The third-order valence-electron chi connectivity index (χ3n) is 1.59. The maximum Gasteiger partial charge on any atom is 0.0346 e. The molecule has 0 aliphatic rings. The summed E-state index contributed by atoms with van der Waals surface area (Å²) in [6.07, 6.45) is 6.61. The molecule has 2 nitrogen and oxygen atoms in total. The van der Waals surface area contributed by atoms with Crippen LogP contribution in [0, 0.1) is 0 Å². The molecular formula is C11H12N2. The largest absolute Gasteiger partial charge is 0.405 e. The first kappa shape index (κ1) is 9.26. The van der Waals surface area contributed by atoms with Gasteiger partial charge >= 0.3 is 0 Å². The minimum atomic E-state index is 1.03. The van der Waals surface area contributed by atoms with Gasteiger partial charge in [-0.2, -0.15) is 0 Å². The molecule has 0 saturated carbocycles. The summed E-state index contributed by atoms with van der Waals surface area (Å²) in [5.41, 5.74) is 7.40. The lowest BCUT2D eigenvalue weighted by Gasteiger charge is -1.97. The van der Waals surface area contributed by atoms with E-state index in [1.807, 2.05) is 30.3 Å². The summed E-state index contributed by atoms with van der Waals surface area (Å²) in [6, 6.07) is 7.87. The van der Waals surface area contributed by atoms with Crippen molar-refractivity contribution >= 4 is 12.3 Å². The van der Waals surface area contributed by atoms with Crippen molar-refractivity contribution in [3.8, 4) is 0 Å². The van der Waals surface area contributed by atoms with E-state index in [0.29, 0.717) is 0 Å². The van der Waals surface area contributed by atoms with Crippen molar-refractivity contribution in [2.24, 2.45) is 10.7 Å². The quantitative estimate of drug-likeness (QED) is 0.697. The van der Waals surface area contributed by atoms with E-state index in [2.05, 4.69) is 11.6 Å². The Balaban J connectivity index is 3.03. The highest BCUT2D eigenvalue weighted by atomic mass is 14.7. The predicted octanol–water partition coefficient (Wildman–Crippen LogP) is 2.18. The van der Waals surface area contributed by atoms with Crippen LogP contribution in [0.5, 0.6) is 0 Å². The number of nitrogens with zero attached hydrogens (tertiary/aromatic N) is 1. The zero-order chi connectivity index (χ0) is 9.52. The van der Waals surface area contributed by atoms with E-state index in [4.69, 9.17) is 5.73 Å². The van der Waals surface area contributed by atoms with Crippen molar-refractivity contribution < 1.29 is 0 Å². The molecule has 1 aromatic carbocycles. The highest BCUT2D eigenvalue weighted by molar-refractivity contribution is 5.85. The maximum atomic E-state index is 5.31. The number of rotatable bonds is 3. The maximum absolute atomic E-state index is 5.31. The molecular weight excluding hydrogens is 160 g/mol. The Morgan fingerprint density at radius 3 is 2.54 bits per heavy atom. The first-order chi connectivity index (χ1) is 6.38. The van der Waals surface area contributed by atoms with Gasteiger partial charge in [-0.1, -0.05) is 30.8 Å². The standard InChI is InChI=1S/C11H12N2/c1-2-13-9-11-6-4-3-5-10(11)7-8-12/h2-9H,1,12H2. The Morgan fingerprint density at radius 1 is 1.23 bits per heavy atom. The first-order valence-electron chi connectivity index (χ1n) is 4.00. The van der Waals surface area contributed by atoms with Gasteiger partial charge < -0.3 is 5.73 Å². The van der Waals surface area contributed by atoms with E-state index in [1.54, 1.807) is 6.21 Å². The van der Waals surface area contributed by atoms with Crippen LogP contribution in [-0.4, -0.2) is 6.21 Å². The molecule has 0 aliphatic carbocycles. The van der Waals surface area contributed by atoms with Crippen LogP contribution in [0.1, 0.15) is 11.1 Å². The van der Waals surface area contributed by atoms with E-state index in [-0.39, 0.29) is 0 Å². The lowest BCUT2D eigenvalue weighted by atomic mass is 10.1. The Labute approximate surface area is 78.1 Å². The van der Waals surface area contributed by atoms with Gasteiger partial charge in [-0.15, -0.1) is 0 Å². The van der Waals surface area contributed by atoms with Crippen LogP contribution in [-0.2, 0) is 0 Å². The van der Waals surface area contributed by atoms with Gasteiger partial charge in [0.25, 0.3) is 0 Å². The summed E-state index contributed by atoms with van der Waals surface area (Å²) in [5, 5.41) is 0. The summed E-state index contributed by atoms with van der Waals surface area (Å²) in [4.78, 5) is 3.95. The van der Waals surface area contributed by atoms with Crippen LogP contribution in [0.15, 0.2) is 48.2 Å². The minimum absolute atomic E-state index is 1.03. The Bertz CT molecular complexity index is 338. The summed E-state index contributed by atoms with van der Waals surface area (Å²) in [7, 11) is 0. The molecule has 1 rings (SSSR count). The average Bonchev–Trinajstić information content (AvgIpc) is 2.17. The van der Waals surface area contributed by atoms with E-state index >= 15 is 0 Å². The molecule has 2 heteroatoms. The lowest BCUT2D eigenvalue weighted by molar-refractivity contribution is 1.55. The smallest absolute Gasteiger partial charge is 0.0346 e. The molecule has 0 amide bonds. The monoisotopic (exact) mass is 172 g/mol. The van der Waals surface area contributed by atoms with Crippen LogP contribution in [0.2, 0.25) is 0 Å². The molecule has 0 fully saturated rings. The highest BCUT2D eigenvalue weighted by Gasteiger charge is 1.92. The fourth-order valence-electron chi connectivity index (χ4n) is 1.02. The van der Waals surface area contributed by atoms with Crippen molar-refractivity contribution in [3.63, 3.8) is 0 Å². The molecule has 13 heavy (non-hydrogen) atoms. The summed E-state index contributed by atoms with van der Waals surface area (Å²) in [5.74, 6) is 0. The zero-order valence-corrected chi connectivity index (χ0v) is 7.35. The Hall–Kier alpha value is -1.83. The third-order valence-corrected chi connectivity index (χ3v) is 1.59. The topological polar surface area (TPSA) is 38.4 Å². The summed E-state index contributed by atoms with van der Waals surface area (Å²) >= 11 is 0. The van der Waals surface area contributed by atoms with E-state index in [0.717, 1.165) is 11.1 Å². The molecule has 0 saturated heterocycles. The van der Waals surface area contributed by atoms with Gasteiger partial charge in [-0.05, 0) is 23.4 Å². The second kappa shape index (κ2) is 4.93. The number of hydrogen-bond acceptors (Lipinski definition) is 2. The molecule has 0 aromatic heterocycles. The van der Waals surface area contributed by atoms with E-state index in [9.17, 15) is 0 Å². The number of benzene rings is 1. The van der Waals surface area contributed by atoms with E-state index in [1.165, 1.54) is 12.4 Å². The molecule has 1 aromatic rings. The Kier molecular flexibility index (Phi) is 3.51. The second-order valence-corrected chi connectivity index (χ2v) is 2.45. The number of aliphatic imine (C=N–C) groups is 1. The van der Waals surface area contributed by atoms with Crippen LogP contribution in [0.4, 0.5) is 0 Å². The highest BCUT2D eigenvalue weighted by Crippen LogP contribution is 2.07. The minimum Gasteiger partial charge on any atom is -0.405 e. The van der Waals surface area contributed by atoms with Crippen LogP contribution in [0.3, 0.4) is 0 Å². The molecule has 0 bridgehead atoms. The fraction of sp³-hybridized carbons (Fsp3) is 0. The lowest BCUT2D eigenvalue weighted by Crippen LogP contribution is -1.86. The third kappa shape index (κ3) is 2.60. The fourth-order valence-corrected chi connectivity index (χ4v) is 1.02. The van der Waals surface area contributed by atoms with Gasteiger partial charge in [0, 0.05) is 12.4 Å².